The third kappa shape index (κ3) is 1.23. The molecule has 5 nitrogen and oxygen atoms in total. The molecule has 116 valence electrons. The highest BCUT2D eigenvalue weighted by atomic mass is 16.7. The Balaban J connectivity index is 1.42. The van der Waals surface area contributed by atoms with E-state index in [1.165, 1.54) is 4.90 Å². The van der Waals surface area contributed by atoms with E-state index in [9.17, 15) is 9.59 Å². The minimum atomic E-state index is -0.162. The van der Waals surface area contributed by atoms with E-state index in [0.29, 0.717) is 17.2 Å². The quantitative estimate of drug-likeness (QED) is 0.589. The minimum Gasteiger partial charge on any atom is -0.454 e. The van der Waals surface area contributed by atoms with Gasteiger partial charge < -0.3 is 9.47 Å². The number of nitrogens with zero attached hydrogens (tertiary/aromatic N) is 1. The molecule has 23 heavy (non-hydrogen) atoms. The monoisotopic (exact) mass is 309 g/mol. The Kier molecular flexibility index (Phi) is 1.91. The summed E-state index contributed by atoms with van der Waals surface area (Å²) in [5, 5.41) is 0. The van der Waals surface area contributed by atoms with Crippen LogP contribution in [0.1, 0.15) is 12.8 Å². The van der Waals surface area contributed by atoms with Crippen LogP contribution in [0.4, 0.5) is 5.69 Å². The summed E-state index contributed by atoms with van der Waals surface area (Å²) in [4.78, 5) is 27.4. The molecule has 4 atom stereocenters. The normalized spacial score (nSPS) is 37.1. The summed E-state index contributed by atoms with van der Waals surface area (Å²) in [5.74, 6) is 1.37. The Bertz CT molecular complexity index is 775. The van der Waals surface area contributed by atoms with Gasteiger partial charge in [-0.15, -0.1) is 0 Å². The molecule has 1 aromatic carbocycles. The Morgan fingerprint density at radius 1 is 0.957 bits per heavy atom. The minimum absolute atomic E-state index is 0.0398. The van der Waals surface area contributed by atoms with Gasteiger partial charge in [-0.3, -0.25) is 9.59 Å². The summed E-state index contributed by atoms with van der Waals surface area (Å²) >= 11 is 0. The number of anilines is 1. The lowest BCUT2D eigenvalue weighted by Gasteiger charge is -2.21. The van der Waals surface area contributed by atoms with Crippen molar-refractivity contribution in [2.45, 2.75) is 12.8 Å². The first-order valence-corrected chi connectivity index (χ1v) is 8.16. The van der Waals surface area contributed by atoms with Crippen LogP contribution < -0.4 is 14.4 Å². The molecule has 1 aromatic rings. The van der Waals surface area contributed by atoms with Crippen LogP contribution in [-0.2, 0) is 9.59 Å². The molecule has 0 unspecified atom stereocenters. The van der Waals surface area contributed by atoms with Gasteiger partial charge in [-0.1, -0.05) is 12.2 Å². The molecule has 2 amide bonds. The number of imide groups is 1. The van der Waals surface area contributed by atoms with Crippen LogP contribution in [0.2, 0.25) is 0 Å². The molecule has 3 aliphatic carbocycles. The fourth-order valence-corrected chi connectivity index (χ4v) is 5.36. The summed E-state index contributed by atoms with van der Waals surface area (Å²) in [6.07, 6.45) is 6.69. The van der Waals surface area contributed by atoms with Crippen LogP contribution in [0.15, 0.2) is 30.4 Å². The van der Waals surface area contributed by atoms with Crippen molar-refractivity contribution in [3.8, 4) is 11.5 Å². The number of hydrogen-bond acceptors (Lipinski definition) is 4. The molecule has 0 aromatic heterocycles. The highest BCUT2D eigenvalue weighted by Crippen LogP contribution is 2.73. The number of benzene rings is 1. The molecule has 5 aliphatic rings. The van der Waals surface area contributed by atoms with E-state index in [1.807, 2.05) is 0 Å². The Labute approximate surface area is 132 Å². The Morgan fingerprint density at radius 2 is 1.61 bits per heavy atom. The van der Waals surface area contributed by atoms with Crippen molar-refractivity contribution in [2.75, 3.05) is 11.7 Å². The fourth-order valence-electron chi connectivity index (χ4n) is 5.36. The van der Waals surface area contributed by atoms with E-state index < -0.39 is 0 Å². The second-order valence-electron chi connectivity index (χ2n) is 7.27. The lowest BCUT2D eigenvalue weighted by atomic mass is 9.85. The third-order valence-electron chi connectivity index (χ3n) is 6.47. The zero-order chi connectivity index (χ0) is 15.3. The molecule has 3 fully saturated rings. The summed E-state index contributed by atoms with van der Waals surface area (Å²) in [7, 11) is 0. The molecular weight excluding hydrogens is 294 g/mol. The highest BCUT2D eigenvalue weighted by Gasteiger charge is 2.73. The predicted octanol–water partition coefficient (Wildman–Crippen LogP) is 2.12. The lowest BCUT2D eigenvalue weighted by Crippen LogP contribution is -2.34. The first kappa shape index (κ1) is 12.2. The standard InChI is InChI=1S/C18H15NO4/c20-16-14-10-2-3-11(18(10)5-6-18)15(14)17(21)19(16)9-1-4-12-13(7-9)23-8-22-12/h1-4,7,10-11,14-15H,5-6,8H2/t10-,11+,14-,15-/m0/s1. The van der Waals surface area contributed by atoms with Crippen molar-refractivity contribution >= 4 is 17.5 Å². The van der Waals surface area contributed by atoms with E-state index in [1.54, 1.807) is 18.2 Å². The van der Waals surface area contributed by atoms with Crippen LogP contribution in [0.3, 0.4) is 0 Å². The van der Waals surface area contributed by atoms with Crippen LogP contribution in [-0.4, -0.2) is 18.6 Å². The van der Waals surface area contributed by atoms with Gasteiger partial charge in [-0.05, 0) is 42.2 Å². The van der Waals surface area contributed by atoms with Gasteiger partial charge in [0.25, 0.3) is 0 Å². The van der Waals surface area contributed by atoms with Gasteiger partial charge >= 0.3 is 0 Å². The molecule has 2 aliphatic heterocycles. The molecule has 0 radical (unpaired) electrons. The van der Waals surface area contributed by atoms with Crippen molar-refractivity contribution < 1.29 is 19.1 Å². The summed E-state index contributed by atoms with van der Waals surface area (Å²) in [5.41, 5.74) is 0.838. The van der Waals surface area contributed by atoms with E-state index in [0.717, 1.165) is 12.8 Å². The molecule has 2 bridgehead atoms. The number of carbonyl (C=O) groups is 2. The Hall–Kier alpha value is -2.30. The molecule has 2 heterocycles. The molecular formula is C18H15NO4. The van der Waals surface area contributed by atoms with Gasteiger partial charge in [0.1, 0.15) is 0 Å². The highest BCUT2D eigenvalue weighted by molar-refractivity contribution is 6.23. The maximum absolute atomic E-state index is 13.0. The van der Waals surface area contributed by atoms with Crippen LogP contribution >= 0.6 is 0 Å². The number of fused-ring (bicyclic) bond motifs is 4. The Morgan fingerprint density at radius 3 is 2.26 bits per heavy atom. The number of rotatable bonds is 1. The number of hydrogen-bond donors (Lipinski definition) is 0. The molecule has 6 rings (SSSR count). The van der Waals surface area contributed by atoms with Gasteiger partial charge in [-0.2, -0.15) is 0 Å². The van der Waals surface area contributed by atoms with Crippen LogP contribution in [0, 0.1) is 29.1 Å². The molecule has 1 saturated heterocycles. The second kappa shape index (κ2) is 3.61. The number of amides is 2. The topological polar surface area (TPSA) is 55.8 Å². The molecule has 2 saturated carbocycles. The average Bonchev–Trinajstić information content (AvgIpc) is 2.83. The number of carbonyl (C=O) groups excluding carboxylic acids is 2. The predicted molar refractivity (Wildman–Crippen MR) is 79.8 cm³/mol. The van der Waals surface area contributed by atoms with Gasteiger partial charge in [0.15, 0.2) is 11.5 Å². The number of ether oxygens (including phenoxy) is 2. The van der Waals surface area contributed by atoms with Gasteiger partial charge in [0, 0.05) is 6.07 Å². The maximum Gasteiger partial charge on any atom is 0.238 e. The fraction of sp³-hybridized carbons (Fsp3) is 0.444. The first-order valence-electron chi connectivity index (χ1n) is 8.16. The zero-order valence-electron chi connectivity index (χ0n) is 12.4. The molecule has 1 spiro atoms. The SMILES string of the molecule is O=C1[C@@H]2[C@@H](C(=O)N1c1ccc3c(c1)OCO3)[C@@H]1C=C[C@H]2C12CC2. The summed E-state index contributed by atoms with van der Waals surface area (Å²) in [6, 6.07) is 5.27. The van der Waals surface area contributed by atoms with Crippen molar-refractivity contribution in [1.82, 2.24) is 0 Å². The van der Waals surface area contributed by atoms with Gasteiger partial charge in [-0.25, -0.2) is 4.90 Å². The zero-order valence-corrected chi connectivity index (χ0v) is 12.4. The maximum atomic E-state index is 13.0. The van der Waals surface area contributed by atoms with Crippen molar-refractivity contribution in [2.24, 2.45) is 29.1 Å². The van der Waals surface area contributed by atoms with E-state index in [-0.39, 0.29) is 47.7 Å². The van der Waals surface area contributed by atoms with Gasteiger partial charge in [0.05, 0.1) is 17.5 Å². The van der Waals surface area contributed by atoms with Crippen molar-refractivity contribution in [1.29, 1.82) is 0 Å². The van der Waals surface area contributed by atoms with Crippen LogP contribution in [0.5, 0.6) is 11.5 Å². The van der Waals surface area contributed by atoms with E-state index >= 15 is 0 Å². The largest absolute Gasteiger partial charge is 0.454 e. The number of allylic oxidation sites excluding steroid dienone is 2. The first-order chi connectivity index (χ1) is 11.2. The molecule has 5 heteroatoms. The average molecular weight is 309 g/mol. The van der Waals surface area contributed by atoms with E-state index in [2.05, 4.69) is 12.2 Å². The smallest absolute Gasteiger partial charge is 0.238 e. The lowest BCUT2D eigenvalue weighted by molar-refractivity contribution is -0.123. The summed E-state index contributed by atoms with van der Waals surface area (Å²) < 4.78 is 10.7. The van der Waals surface area contributed by atoms with Crippen molar-refractivity contribution in [3.63, 3.8) is 0 Å². The third-order valence-corrected chi connectivity index (χ3v) is 6.47. The van der Waals surface area contributed by atoms with Gasteiger partial charge in [0.2, 0.25) is 18.6 Å². The molecule has 0 N–H and O–H groups in total. The van der Waals surface area contributed by atoms with Crippen molar-refractivity contribution in [3.05, 3.63) is 30.4 Å². The summed E-state index contributed by atoms with van der Waals surface area (Å²) in [6.45, 7) is 0.183. The second-order valence-corrected chi connectivity index (χ2v) is 7.27. The van der Waals surface area contributed by atoms with E-state index in [4.69, 9.17) is 9.47 Å². The van der Waals surface area contributed by atoms with Crippen LogP contribution in [0.25, 0.3) is 0 Å².